The van der Waals surface area contributed by atoms with Crippen molar-refractivity contribution in [2.24, 2.45) is 0 Å². The van der Waals surface area contributed by atoms with Crippen molar-refractivity contribution in [3.05, 3.63) is 24.3 Å². The maximum Gasteiger partial charge on any atom is 0.272 e. The molecular formula is C11H15F2NO3. The lowest BCUT2D eigenvalue weighted by Gasteiger charge is -2.11. The Morgan fingerprint density at radius 1 is 1.35 bits per heavy atom. The number of aliphatic hydroxyl groups is 2. The van der Waals surface area contributed by atoms with Gasteiger partial charge in [-0.2, -0.15) is 0 Å². The van der Waals surface area contributed by atoms with E-state index in [0.29, 0.717) is 11.4 Å². The number of halogens is 2. The molecule has 3 N–H and O–H groups in total. The van der Waals surface area contributed by atoms with Gasteiger partial charge in [-0.25, -0.2) is 8.78 Å². The van der Waals surface area contributed by atoms with E-state index in [1.54, 1.807) is 24.3 Å². The van der Waals surface area contributed by atoms with E-state index in [-0.39, 0.29) is 13.2 Å². The number of ether oxygens (including phenoxy) is 1. The summed E-state index contributed by atoms with van der Waals surface area (Å²) in [5, 5.41) is 20.6. The van der Waals surface area contributed by atoms with E-state index in [4.69, 9.17) is 14.9 Å². The Morgan fingerprint density at radius 2 is 2.12 bits per heavy atom. The van der Waals surface area contributed by atoms with Gasteiger partial charge in [-0.05, 0) is 12.1 Å². The lowest BCUT2D eigenvalue weighted by atomic mass is 10.3. The molecule has 0 aliphatic rings. The quantitative estimate of drug-likeness (QED) is 0.675. The lowest BCUT2D eigenvalue weighted by Crippen LogP contribution is -2.22. The van der Waals surface area contributed by atoms with Crippen LogP contribution in [0.4, 0.5) is 14.5 Å². The molecule has 6 heteroatoms. The molecule has 0 radical (unpaired) electrons. The minimum Gasteiger partial charge on any atom is -0.488 e. The van der Waals surface area contributed by atoms with Crippen LogP contribution in [0.3, 0.4) is 0 Å². The third-order valence-corrected chi connectivity index (χ3v) is 1.96. The average Bonchev–Trinajstić information content (AvgIpc) is 2.34. The van der Waals surface area contributed by atoms with Crippen LogP contribution in [0.15, 0.2) is 24.3 Å². The first kappa shape index (κ1) is 13.7. The predicted octanol–water partition coefficient (Wildman–Crippen LogP) is 1.10. The molecule has 0 amide bonds. The van der Waals surface area contributed by atoms with E-state index < -0.39 is 19.1 Å². The topological polar surface area (TPSA) is 61.7 Å². The van der Waals surface area contributed by atoms with E-state index in [2.05, 4.69) is 5.32 Å². The fourth-order valence-electron chi connectivity index (χ4n) is 1.16. The van der Waals surface area contributed by atoms with E-state index in [9.17, 15) is 8.78 Å². The first-order valence-corrected chi connectivity index (χ1v) is 5.15. The van der Waals surface area contributed by atoms with Crippen molar-refractivity contribution >= 4 is 5.69 Å². The smallest absolute Gasteiger partial charge is 0.272 e. The van der Waals surface area contributed by atoms with E-state index in [1.807, 2.05) is 0 Å². The maximum atomic E-state index is 11.9. The monoisotopic (exact) mass is 247 g/mol. The Labute approximate surface area is 97.8 Å². The summed E-state index contributed by atoms with van der Waals surface area (Å²) >= 11 is 0. The molecule has 1 rings (SSSR count). The first-order chi connectivity index (χ1) is 8.11. The Kier molecular flexibility index (Phi) is 5.65. The first-order valence-electron chi connectivity index (χ1n) is 5.15. The van der Waals surface area contributed by atoms with Crippen LogP contribution in [0.2, 0.25) is 0 Å². The normalized spacial score (nSPS) is 12.5. The summed E-state index contributed by atoms with van der Waals surface area (Å²) in [7, 11) is 0. The molecule has 17 heavy (non-hydrogen) atoms. The molecule has 1 aromatic carbocycles. The molecule has 1 aromatic rings. The summed E-state index contributed by atoms with van der Waals surface area (Å²) in [5.41, 5.74) is 0.629. The predicted molar refractivity (Wildman–Crippen MR) is 59.5 cm³/mol. The number of anilines is 1. The maximum absolute atomic E-state index is 11.9. The molecule has 0 aliphatic carbocycles. The second-order valence-corrected chi connectivity index (χ2v) is 3.45. The number of hydrogen-bond donors (Lipinski definition) is 3. The van der Waals surface area contributed by atoms with Crippen molar-refractivity contribution in [1.29, 1.82) is 0 Å². The largest absolute Gasteiger partial charge is 0.488 e. The Bertz CT molecular complexity index is 336. The van der Waals surface area contributed by atoms with Crippen molar-refractivity contribution in [3.63, 3.8) is 0 Å². The lowest BCUT2D eigenvalue weighted by molar-refractivity contribution is 0.0819. The molecular weight excluding hydrogens is 232 g/mol. The summed E-state index contributed by atoms with van der Waals surface area (Å²) in [6, 6.07) is 6.47. The zero-order chi connectivity index (χ0) is 12.7. The summed E-state index contributed by atoms with van der Waals surface area (Å²) < 4.78 is 28.7. The van der Waals surface area contributed by atoms with Crippen molar-refractivity contribution in [3.8, 4) is 5.75 Å². The van der Waals surface area contributed by atoms with Gasteiger partial charge in [0.25, 0.3) is 6.43 Å². The van der Waals surface area contributed by atoms with Crippen LogP contribution in [0.1, 0.15) is 0 Å². The van der Waals surface area contributed by atoms with Crippen LogP contribution >= 0.6 is 0 Å². The van der Waals surface area contributed by atoms with Gasteiger partial charge >= 0.3 is 0 Å². The van der Waals surface area contributed by atoms with Crippen LogP contribution in [0, 0.1) is 0 Å². The Balaban J connectivity index is 2.47. The average molecular weight is 247 g/mol. The number of hydrogen-bond acceptors (Lipinski definition) is 4. The highest BCUT2D eigenvalue weighted by atomic mass is 19.3. The number of benzene rings is 1. The molecule has 0 saturated heterocycles. The van der Waals surface area contributed by atoms with Crippen molar-refractivity contribution in [2.45, 2.75) is 12.5 Å². The van der Waals surface area contributed by atoms with Gasteiger partial charge in [0.05, 0.1) is 12.7 Å². The summed E-state index contributed by atoms with van der Waals surface area (Å²) in [5.74, 6) is 0.328. The molecule has 96 valence electrons. The van der Waals surface area contributed by atoms with Crippen molar-refractivity contribution in [1.82, 2.24) is 0 Å². The van der Waals surface area contributed by atoms with Crippen LogP contribution in [0.5, 0.6) is 5.75 Å². The fourth-order valence-corrected chi connectivity index (χ4v) is 1.16. The molecule has 0 aromatic heterocycles. The molecule has 1 atom stereocenters. The zero-order valence-electron chi connectivity index (χ0n) is 9.14. The third kappa shape index (κ3) is 5.46. The standard InChI is InChI=1S/C11H15F2NO3/c12-11(13)7-17-10-3-1-2-8(4-10)14-5-9(16)6-15/h1-4,9,11,14-16H,5-7H2. The third-order valence-electron chi connectivity index (χ3n) is 1.96. The summed E-state index contributed by atoms with van der Waals surface area (Å²) in [4.78, 5) is 0. The minimum atomic E-state index is -2.51. The van der Waals surface area contributed by atoms with Crippen LogP contribution in [-0.2, 0) is 0 Å². The highest BCUT2D eigenvalue weighted by Crippen LogP contribution is 2.17. The molecule has 0 heterocycles. The van der Waals surface area contributed by atoms with Gasteiger partial charge in [-0.1, -0.05) is 6.07 Å². The van der Waals surface area contributed by atoms with E-state index in [1.165, 1.54) is 0 Å². The molecule has 0 bridgehead atoms. The highest BCUT2D eigenvalue weighted by Gasteiger charge is 2.05. The molecule has 4 nitrogen and oxygen atoms in total. The number of rotatable bonds is 7. The van der Waals surface area contributed by atoms with E-state index >= 15 is 0 Å². The molecule has 0 fully saturated rings. The second kappa shape index (κ2) is 7.03. The van der Waals surface area contributed by atoms with Crippen molar-refractivity contribution in [2.75, 3.05) is 25.1 Å². The Morgan fingerprint density at radius 3 is 2.76 bits per heavy atom. The van der Waals surface area contributed by atoms with Gasteiger partial charge in [-0.3, -0.25) is 0 Å². The van der Waals surface area contributed by atoms with Gasteiger partial charge in [0.1, 0.15) is 12.4 Å². The molecule has 0 aliphatic heterocycles. The number of alkyl halides is 2. The fraction of sp³-hybridized carbons (Fsp3) is 0.455. The molecule has 1 unspecified atom stereocenters. The molecule has 0 spiro atoms. The highest BCUT2D eigenvalue weighted by molar-refractivity contribution is 5.48. The summed E-state index contributed by atoms with van der Waals surface area (Å²) in [6.45, 7) is -0.813. The van der Waals surface area contributed by atoms with Crippen LogP contribution in [-0.4, -0.2) is 42.5 Å². The number of nitrogens with one attached hydrogen (secondary N) is 1. The SMILES string of the molecule is OCC(O)CNc1cccc(OCC(F)F)c1. The zero-order valence-corrected chi connectivity index (χ0v) is 9.14. The molecule has 0 saturated carbocycles. The van der Waals surface area contributed by atoms with E-state index in [0.717, 1.165) is 0 Å². The van der Waals surface area contributed by atoms with Crippen LogP contribution < -0.4 is 10.1 Å². The van der Waals surface area contributed by atoms with Gasteiger partial charge < -0.3 is 20.3 Å². The van der Waals surface area contributed by atoms with Gasteiger partial charge in [0.2, 0.25) is 0 Å². The van der Waals surface area contributed by atoms with Gasteiger partial charge in [0, 0.05) is 18.3 Å². The minimum absolute atomic E-state index is 0.175. The second-order valence-electron chi connectivity index (χ2n) is 3.45. The van der Waals surface area contributed by atoms with Gasteiger partial charge in [-0.15, -0.1) is 0 Å². The van der Waals surface area contributed by atoms with Gasteiger partial charge in [0.15, 0.2) is 0 Å². The Hall–Kier alpha value is -1.40. The van der Waals surface area contributed by atoms with Crippen LogP contribution in [0.25, 0.3) is 0 Å². The van der Waals surface area contributed by atoms with Crippen molar-refractivity contribution < 1.29 is 23.7 Å². The number of aliphatic hydroxyl groups excluding tert-OH is 2. The summed E-state index contributed by atoms with van der Waals surface area (Å²) in [6.07, 6.45) is -3.37.